The van der Waals surface area contributed by atoms with Gasteiger partial charge in [-0.2, -0.15) is 14.8 Å². The molecule has 0 aromatic carbocycles. The van der Waals surface area contributed by atoms with Gasteiger partial charge in [-0.15, -0.1) is 4.67 Å². The normalized spacial score (nSPS) is 24.6. The Bertz CT molecular complexity index is 1310. The number of aromatic nitrogens is 4. The number of aromatic amines is 1. The minimum absolute atomic E-state index is 0.0245. The topological polar surface area (TPSA) is 199 Å². The van der Waals surface area contributed by atoms with Crippen LogP contribution in [0.25, 0.3) is 11.2 Å². The number of amides is 1. The number of ether oxygens (including phenoxy) is 1. The van der Waals surface area contributed by atoms with E-state index in [2.05, 4.69) is 20.3 Å². The third-order valence-electron chi connectivity index (χ3n) is 7.93. The first-order valence-corrected chi connectivity index (χ1v) is 16.4. The van der Waals surface area contributed by atoms with Gasteiger partial charge in [-0.3, -0.25) is 24.5 Å². The van der Waals surface area contributed by atoms with Crippen LogP contribution < -0.4 is 10.9 Å². The van der Waals surface area contributed by atoms with Crippen molar-refractivity contribution in [3.8, 4) is 6.07 Å². The molecule has 2 aromatic rings. The Labute approximate surface area is 245 Å². The Hall–Kier alpha value is -2.50. The minimum atomic E-state index is -3.43. The van der Waals surface area contributed by atoms with Crippen molar-refractivity contribution in [2.75, 3.05) is 18.1 Å². The lowest BCUT2D eigenvalue weighted by Crippen LogP contribution is -2.43. The second kappa shape index (κ2) is 13.9. The molecule has 2 aliphatic rings. The zero-order valence-corrected chi connectivity index (χ0v) is 25.5. The average molecular weight is 609 g/mol. The van der Waals surface area contributed by atoms with E-state index in [1.165, 1.54) is 23.7 Å². The van der Waals surface area contributed by atoms with E-state index in [1.54, 1.807) is 4.67 Å². The van der Waals surface area contributed by atoms with Crippen molar-refractivity contribution in [2.45, 2.75) is 109 Å². The van der Waals surface area contributed by atoms with Crippen LogP contribution in [0.2, 0.25) is 0 Å². The highest BCUT2D eigenvalue weighted by molar-refractivity contribution is 7.63. The van der Waals surface area contributed by atoms with E-state index in [-0.39, 0.29) is 47.7 Å². The van der Waals surface area contributed by atoms with Gasteiger partial charge in [0.2, 0.25) is 11.9 Å². The van der Waals surface area contributed by atoms with Crippen molar-refractivity contribution in [3.05, 3.63) is 16.7 Å². The van der Waals surface area contributed by atoms with E-state index in [4.69, 9.17) is 9.26 Å². The average Bonchev–Trinajstić information content (AvgIpc) is 3.66. The monoisotopic (exact) mass is 608 g/mol. The summed E-state index contributed by atoms with van der Waals surface area (Å²) in [5.41, 5.74) is -0.541. The number of aliphatic hydroxyl groups is 2. The van der Waals surface area contributed by atoms with Gasteiger partial charge < -0.3 is 14.9 Å². The SMILES string of the molecule is CC(C)N(C(C)C)[P+](O)(CCC#N)O[C@H]1[C@@H](O)[C@H](n2cnc3c(=O)[nH]c(NC(=O)CCC4CCCC4)nc32)O[C@@H]1CO. The summed E-state index contributed by atoms with van der Waals surface area (Å²) in [6.07, 6.45) is 2.31. The number of nitrogens with one attached hydrogen (secondary N) is 2. The molecule has 42 heavy (non-hydrogen) atoms. The molecule has 2 fully saturated rings. The van der Waals surface area contributed by atoms with Gasteiger partial charge in [0.05, 0.1) is 25.4 Å². The summed E-state index contributed by atoms with van der Waals surface area (Å²) in [5, 5.41) is 33.5. The first kappa shape index (κ1) is 32.4. The number of nitriles is 1. The summed E-state index contributed by atoms with van der Waals surface area (Å²) in [7, 11) is -3.43. The fourth-order valence-corrected chi connectivity index (χ4v) is 9.09. The second-order valence-corrected chi connectivity index (χ2v) is 14.1. The zero-order chi connectivity index (χ0) is 30.6. The smallest absolute Gasteiger partial charge is 0.347 e. The fraction of sp³-hybridized carbons (Fsp3) is 0.741. The Morgan fingerprint density at radius 1 is 1.33 bits per heavy atom. The number of hydrogen-bond acceptors (Lipinski definition) is 11. The van der Waals surface area contributed by atoms with E-state index >= 15 is 0 Å². The molecule has 0 radical (unpaired) electrons. The quantitative estimate of drug-likeness (QED) is 0.209. The van der Waals surface area contributed by atoms with Crippen LogP contribution in [0, 0.1) is 17.2 Å². The maximum atomic E-state index is 12.8. The van der Waals surface area contributed by atoms with E-state index in [9.17, 15) is 30.0 Å². The molecule has 232 valence electrons. The van der Waals surface area contributed by atoms with Crippen LogP contribution >= 0.6 is 7.87 Å². The highest BCUT2D eigenvalue weighted by Crippen LogP contribution is 2.63. The highest BCUT2D eigenvalue weighted by Gasteiger charge is 2.57. The summed E-state index contributed by atoms with van der Waals surface area (Å²) in [6, 6.07) is 1.78. The molecule has 14 nitrogen and oxygen atoms in total. The minimum Gasteiger partial charge on any atom is -0.394 e. The molecule has 2 aromatic heterocycles. The number of aliphatic hydroxyl groups excluding tert-OH is 2. The Kier molecular flexibility index (Phi) is 10.7. The molecule has 0 bridgehead atoms. The van der Waals surface area contributed by atoms with Crippen molar-refractivity contribution in [2.24, 2.45) is 5.92 Å². The van der Waals surface area contributed by atoms with Crippen LogP contribution in [-0.2, 0) is 14.1 Å². The Morgan fingerprint density at radius 3 is 2.64 bits per heavy atom. The third-order valence-corrected chi connectivity index (χ3v) is 11.0. The molecule has 5 atom stereocenters. The van der Waals surface area contributed by atoms with E-state index < -0.39 is 44.6 Å². The summed E-state index contributed by atoms with van der Waals surface area (Å²) < 4.78 is 15.4. The van der Waals surface area contributed by atoms with Crippen molar-refractivity contribution in [1.29, 1.82) is 5.26 Å². The van der Waals surface area contributed by atoms with Crippen molar-refractivity contribution < 1.29 is 29.2 Å². The largest absolute Gasteiger partial charge is 0.394 e. The predicted molar refractivity (Wildman–Crippen MR) is 156 cm³/mol. The number of imidazole rings is 1. The van der Waals surface area contributed by atoms with Crippen LogP contribution in [-0.4, -0.2) is 88.4 Å². The zero-order valence-electron chi connectivity index (χ0n) is 24.6. The molecular formula is C27H43N7O7P+. The predicted octanol–water partition coefficient (Wildman–Crippen LogP) is 2.45. The molecule has 1 saturated carbocycles. The van der Waals surface area contributed by atoms with Gasteiger partial charge >= 0.3 is 7.87 Å². The van der Waals surface area contributed by atoms with Crippen molar-refractivity contribution in [1.82, 2.24) is 24.2 Å². The number of rotatable bonds is 13. The molecule has 4 rings (SSSR count). The molecule has 5 N–H and O–H groups in total. The van der Waals surface area contributed by atoms with Gasteiger partial charge in [0.15, 0.2) is 23.5 Å². The first-order valence-electron chi connectivity index (χ1n) is 14.6. The molecule has 1 amide bonds. The standard InChI is InChI=1S/C27H42N7O7P/c1-16(2)34(17(3)4)42(39,13-7-12-28)41-23-19(14-35)40-26(22(23)37)33-15-29-21-24(33)31-27(32-25(21)38)30-20(36)11-10-18-8-5-6-9-18/h15-19,22-23,26,35,37,39H,5-11,13-14H2,1-4H3,(H-,30,31,32,36,38)/p+1/t19-,22-,23-,26-,42?/m1/s1. The lowest BCUT2D eigenvalue weighted by molar-refractivity contribution is -0.116. The maximum Gasteiger partial charge on any atom is 0.347 e. The third kappa shape index (κ3) is 7.00. The number of hydrogen-bond donors (Lipinski definition) is 5. The molecule has 15 heteroatoms. The molecule has 1 saturated heterocycles. The number of fused-ring (bicyclic) bond motifs is 1. The summed E-state index contributed by atoms with van der Waals surface area (Å²) in [6.45, 7) is 7.09. The Morgan fingerprint density at radius 2 is 2.02 bits per heavy atom. The molecular weight excluding hydrogens is 565 g/mol. The molecule has 0 spiro atoms. The van der Waals surface area contributed by atoms with Gasteiger partial charge in [0.1, 0.15) is 18.4 Å². The van der Waals surface area contributed by atoms with Crippen LogP contribution in [0.1, 0.15) is 78.9 Å². The first-order chi connectivity index (χ1) is 20.0. The highest BCUT2D eigenvalue weighted by atomic mass is 31.2. The number of H-pyrrole nitrogens is 1. The van der Waals surface area contributed by atoms with Crippen LogP contribution in [0.5, 0.6) is 0 Å². The second-order valence-electron chi connectivity index (χ2n) is 11.6. The number of carbonyl (C=O) groups is 1. The number of carbonyl (C=O) groups excluding carboxylic acids is 1. The van der Waals surface area contributed by atoms with Gasteiger partial charge in [-0.1, -0.05) is 25.7 Å². The molecule has 1 aliphatic heterocycles. The van der Waals surface area contributed by atoms with Gasteiger partial charge in [-0.25, -0.2) is 9.88 Å². The number of anilines is 1. The van der Waals surface area contributed by atoms with Crippen LogP contribution in [0.3, 0.4) is 0 Å². The van der Waals surface area contributed by atoms with E-state index in [0.717, 1.165) is 19.3 Å². The lowest BCUT2D eigenvalue weighted by Gasteiger charge is -2.36. The molecule has 1 aliphatic carbocycles. The van der Waals surface area contributed by atoms with Crippen molar-refractivity contribution >= 4 is 30.9 Å². The fourth-order valence-electron chi connectivity index (χ4n) is 6.16. The summed E-state index contributed by atoms with van der Waals surface area (Å²) in [4.78, 5) is 48.2. The summed E-state index contributed by atoms with van der Waals surface area (Å²) >= 11 is 0. The lowest BCUT2D eigenvalue weighted by atomic mass is 10.0. The van der Waals surface area contributed by atoms with E-state index in [0.29, 0.717) is 12.3 Å². The van der Waals surface area contributed by atoms with Gasteiger partial charge in [-0.05, 0) is 40.0 Å². The maximum absolute atomic E-state index is 12.8. The van der Waals surface area contributed by atoms with E-state index in [1.807, 2.05) is 33.8 Å². The van der Waals surface area contributed by atoms with Crippen LogP contribution in [0.15, 0.2) is 11.1 Å². The van der Waals surface area contributed by atoms with Crippen LogP contribution in [0.4, 0.5) is 5.95 Å². The summed E-state index contributed by atoms with van der Waals surface area (Å²) in [5.74, 6) is 0.225. The van der Waals surface area contributed by atoms with Crippen molar-refractivity contribution in [3.63, 3.8) is 0 Å². The molecule has 1 unspecified atom stereocenters. The Balaban J connectivity index is 1.58. The molecule has 3 heterocycles. The number of nitrogens with zero attached hydrogens (tertiary/aromatic N) is 5. The van der Waals surface area contributed by atoms with Gasteiger partial charge in [0, 0.05) is 18.5 Å². The van der Waals surface area contributed by atoms with Gasteiger partial charge in [0.25, 0.3) is 5.56 Å².